The van der Waals surface area contributed by atoms with Crippen molar-refractivity contribution < 1.29 is 13.2 Å². The van der Waals surface area contributed by atoms with Gasteiger partial charge in [-0.05, 0) is 42.0 Å². The van der Waals surface area contributed by atoms with E-state index in [9.17, 15) is 13.2 Å². The van der Waals surface area contributed by atoms with E-state index in [2.05, 4.69) is 10.0 Å². The zero-order valence-electron chi connectivity index (χ0n) is 12.8. The molecule has 0 unspecified atom stereocenters. The lowest BCUT2D eigenvalue weighted by atomic mass is 10.1. The average molecular weight is 342 g/mol. The van der Waals surface area contributed by atoms with Crippen molar-refractivity contribution in [1.82, 2.24) is 4.90 Å². The predicted molar refractivity (Wildman–Crippen MR) is 88.9 cm³/mol. The number of anilines is 2. The molecular weight excluding hydrogens is 328 g/mol. The van der Waals surface area contributed by atoms with Crippen LogP contribution in [0.25, 0.3) is 0 Å². The van der Waals surface area contributed by atoms with Crippen molar-refractivity contribution in [3.8, 4) is 6.07 Å². The molecule has 8 heteroatoms. The summed E-state index contributed by atoms with van der Waals surface area (Å²) in [5, 5.41) is 11.6. The molecule has 0 bridgehead atoms. The lowest BCUT2D eigenvalue weighted by Gasteiger charge is -2.26. The van der Waals surface area contributed by atoms with Crippen LogP contribution >= 0.6 is 0 Å². The first kappa shape index (κ1) is 15.8. The van der Waals surface area contributed by atoms with Gasteiger partial charge in [-0.2, -0.15) is 5.26 Å². The van der Waals surface area contributed by atoms with E-state index in [-0.39, 0.29) is 16.5 Å². The molecule has 0 radical (unpaired) electrons. The quantitative estimate of drug-likeness (QED) is 0.893. The molecule has 1 aliphatic rings. The highest BCUT2D eigenvalue weighted by atomic mass is 32.2. The van der Waals surface area contributed by atoms with Gasteiger partial charge >= 0.3 is 6.03 Å². The number of nitrogens with one attached hydrogen (secondary N) is 2. The Kier molecular flexibility index (Phi) is 3.87. The van der Waals surface area contributed by atoms with Gasteiger partial charge in [-0.3, -0.25) is 4.72 Å². The van der Waals surface area contributed by atoms with Crippen LogP contribution < -0.4 is 10.0 Å². The molecule has 0 aromatic heterocycles. The molecule has 3 rings (SSSR count). The molecular formula is C16H14N4O3S. The number of amides is 2. The van der Waals surface area contributed by atoms with Crippen LogP contribution in [0.15, 0.2) is 47.4 Å². The number of carbonyl (C=O) groups is 1. The van der Waals surface area contributed by atoms with Gasteiger partial charge < -0.3 is 10.2 Å². The second-order valence-electron chi connectivity index (χ2n) is 5.40. The highest BCUT2D eigenvalue weighted by molar-refractivity contribution is 7.92. The van der Waals surface area contributed by atoms with Gasteiger partial charge in [0.2, 0.25) is 0 Å². The van der Waals surface area contributed by atoms with Gasteiger partial charge in [0.15, 0.2) is 0 Å². The maximum Gasteiger partial charge on any atom is 0.321 e. The Morgan fingerprint density at radius 1 is 1.25 bits per heavy atom. The smallest absolute Gasteiger partial charge is 0.321 e. The Morgan fingerprint density at radius 3 is 2.79 bits per heavy atom. The van der Waals surface area contributed by atoms with Crippen molar-refractivity contribution in [1.29, 1.82) is 5.26 Å². The molecule has 1 heterocycles. The normalized spacial score (nSPS) is 13.7. The fraction of sp³-hybridized carbons (Fsp3) is 0.125. The highest BCUT2D eigenvalue weighted by Gasteiger charge is 2.21. The summed E-state index contributed by atoms with van der Waals surface area (Å²) in [6.45, 7) is 0.390. The third-order valence-electron chi connectivity index (χ3n) is 3.63. The van der Waals surface area contributed by atoms with Crippen molar-refractivity contribution in [2.24, 2.45) is 0 Å². The molecule has 2 aromatic rings. The van der Waals surface area contributed by atoms with Crippen molar-refractivity contribution in [2.75, 3.05) is 17.1 Å². The predicted octanol–water partition coefficient (Wildman–Crippen LogP) is 2.34. The van der Waals surface area contributed by atoms with Crippen LogP contribution in [0.3, 0.4) is 0 Å². The SMILES string of the molecule is CN1Cc2cc(NS(=O)(=O)c3cccc(C#N)c3)ccc2NC1=O. The fourth-order valence-corrected chi connectivity index (χ4v) is 3.49. The van der Waals surface area contributed by atoms with Crippen molar-refractivity contribution >= 4 is 27.4 Å². The average Bonchev–Trinajstić information content (AvgIpc) is 2.56. The lowest BCUT2D eigenvalue weighted by molar-refractivity contribution is 0.218. The molecule has 2 aromatic carbocycles. The van der Waals surface area contributed by atoms with Crippen LogP contribution in [-0.2, 0) is 16.6 Å². The van der Waals surface area contributed by atoms with Gasteiger partial charge in [-0.15, -0.1) is 0 Å². The van der Waals surface area contributed by atoms with Crippen LogP contribution in [0, 0.1) is 11.3 Å². The summed E-state index contributed by atoms with van der Waals surface area (Å²) in [7, 11) is -2.14. The molecule has 2 amide bonds. The molecule has 0 saturated heterocycles. The third-order valence-corrected chi connectivity index (χ3v) is 5.01. The zero-order chi connectivity index (χ0) is 17.3. The lowest BCUT2D eigenvalue weighted by Crippen LogP contribution is -2.35. The molecule has 7 nitrogen and oxygen atoms in total. The number of sulfonamides is 1. The summed E-state index contributed by atoms with van der Waals surface area (Å²) in [5.41, 5.74) is 2.13. The number of hydrogen-bond acceptors (Lipinski definition) is 4. The number of rotatable bonds is 3. The first-order valence-electron chi connectivity index (χ1n) is 7.07. The largest absolute Gasteiger partial charge is 0.323 e. The number of urea groups is 1. The molecule has 122 valence electrons. The Morgan fingerprint density at radius 2 is 2.04 bits per heavy atom. The van der Waals surface area contributed by atoms with Crippen molar-refractivity contribution in [3.63, 3.8) is 0 Å². The molecule has 24 heavy (non-hydrogen) atoms. The number of nitrogens with zero attached hydrogens (tertiary/aromatic N) is 2. The molecule has 1 aliphatic heterocycles. The maximum absolute atomic E-state index is 12.5. The Bertz CT molecular complexity index is 964. The van der Waals surface area contributed by atoms with Crippen LogP contribution in [-0.4, -0.2) is 26.4 Å². The number of fused-ring (bicyclic) bond motifs is 1. The topological polar surface area (TPSA) is 102 Å². The van der Waals surface area contributed by atoms with E-state index >= 15 is 0 Å². The van der Waals surface area contributed by atoms with Gasteiger partial charge in [-0.25, -0.2) is 13.2 Å². The van der Waals surface area contributed by atoms with E-state index in [1.165, 1.54) is 29.2 Å². The second-order valence-corrected chi connectivity index (χ2v) is 7.09. The van der Waals surface area contributed by atoms with Gasteiger partial charge in [0.1, 0.15) is 0 Å². The fourth-order valence-electron chi connectivity index (χ4n) is 2.39. The Balaban J connectivity index is 1.90. The first-order valence-corrected chi connectivity index (χ1v) is 8.55. The molecule has 0 fully saturated rings. The maximum atomic E-state index is 12.5. The highest BCUT2D eigenvalue weighted by Crippen LogP contribution is 2.27. The summed E-state index contributed by atoms with van der Waals surface area (Å²) < 4.78 is 27.4. The minimum Gasteiger partial charge on any atom is -0.323 e. The van der Waals surface area contributed by atoms with Crippen molar-refractivity contribution in [2.45, 2.75) is 11.4 Å². The van der Waals surface area contributed by atoms with E-state index in [1.54, 1.807) is 25.2 Å². The number of benzene rings is 2. The molecule has 0 atom stereocenters. The second kappa shape index (κ2) is 5.86. The summed E-state index contributed by atoms with van der Waals surface area (Å²) in [5.74, 6) is 0. The molecule has 0 saturated carbocycles. The summed E-state index contributed by atoms with van der Waals surface area (Å²) in [6, 6.07) is 12.4. The van der Waals surface area contributed by atoms with Crippen LogP contribution in [0.2, 0.25) is 0 Å². The van der Waals surface area contributed by atoms with E-state index in [0.29, 0.717) is 17.9 Å². The Hall–Kier alpha value is -3.05. The molecule has 2 N–H and O–H groups in total. The van der Waals surface area contributed by atoms with Crippen LogP contribution in [0.1, 0.15) is 11.1 Å². The van der Waals surface area contributed by atoms with Crippen molar-refractivity contribution in [3.05, 3.63) is 53.6 Å². The Labute approximate surface area is 139 Å². The summed E-state index contributed by atoms with van der Waals surface area (Å²) >= 11 is 0. The third kappa shape index (κ3) is 3.02. The monoisotopic (exact) mass is 342 g/mol. The van der Waals surface area contributed by atoms with E-state index in [0.717, 1.165) is 5.56 Å². The van der Waals surface area contributed by atoms with Gasteiger partial charge in [0.05, 0.1) is 16.5 Å². The van der Waals surface area contributed by atoms with E-state index in [1.807, 2.05) is 6.07 Å². The van der Waals surface area contributed by atoms with Gasteiger partial charge in [0, 0.05) is 25.0 Å². The van der Waals surface area contributed by atoms with Gasteiger partial charge in [0.25, 0.3) is 10.0 Å². The van der Waals surface area contributed by atoms with Crippen LogP contribution in [0.4, 0.5) is 16.2 Å². The first-order chi connectivity index (χ1) is 11.4. The summed E-state index contributed by atoms with van der Waals surface area (Å²) in [6.07, 6.45) is 0. The van der Waals surface area contributed by atoms with E-state index in [4.69, 9.17) is 5.26 Å². The standard InChI is InChI=1S/C16H14N4O3S/c1-20-10-12-8-13(5-6-15(12)18-16(20)21)19-24(22,23)14-4-2-3-11(7-14)9-17/h2-8,19H,10H2,1H3,(H,18,21). The van der Waals surface area contributed by atoms with Gasteiger partial charge in [-0.1, -0.05) is 6.07 Å². The number of hydrogen-bond donors (Lipinski definition) is 2. The van der Waals surface area contributed by atoms with E-state index < -0.39 is 10.0 Å². The molecule has 0 spiro atoms. The van der Waals surface area contributed by atoms with Crippen LogP contribution in [0.5, 0.6) is 0 Å². The zero-order valence-corrected chi connectivity index (χ0v) is 13.6. The number of carbonyl (C=O) groups excluding carboxylic acids is 1. The minimum absolute atomic E-state index is 0.0182. The molecule has 0 aliphatic carbocycles. The minimum atomic E-state index is -3.80. The summed E-state index contributed by atoms with van der Waals surface area (Å²) in [4.78, 5) is 13.1. The number of nitriles is 1.